The van der Waals surface area contributed by atoms with Crippen molar-refractivity contribution in [3.8, 4) is 0 Å². The molecule has 1 amide bonds. The first-order valence-corrected chi connectivity index (χ1v) is 3.86. The number of rotatable bonds is 2. The molecule has 0 bridgehead atoms. The lowest BCUT2D eigenvalue weighted by atomic mass is 10.4. The molecule has 0 aliphatic rings. The van der Waals surface area contributed by atoms with Crippen LogP contribution < -0.4 is 0 Å². The molecule has 13 heavy (non-hydrogen) atoms. The van der Waals surface area contributed by atoms with Crippen LogP contribution in [0.3, 0.4) is 0 Å². The van der Waals surface area contributed by atoms with Crippen LogP contribution in [0.25, 0.3) is 6.08 Å². The maximum absolute atomic E-state index is 11.1. The molecule has 0 fully saturated rings. The molecule has 0 saturated carbocycles. The van der Waals surface area contributed by atoms with Gasteiger partial charge in [-0.05, 0) is 12.1 Å². The molecule has 0 aliphatic carbocycles. The molecular weight excluding hydrogens is 166 g/mol. The third-order valence-corrected chi connectivity index (χ3v) is 1.40. The van der Waals surface area contributed by atoms with Crippen LogP contribution in [0.1, 0.15) is 5.82 Å². The van der Waals surface area contributed by atoms with Gasteiger partial charge in [0.25, 0.3) is 0 Å². The second kappa shape index (κ2) is 4.35. The average molecular weight is 177 g/mol. The van der Waals surface area contributed by atoms with Crippen molar-refractivity contribution in [1.29, 1.82) is 0 Å². The lowest BCUT2D eigenvalue weighted by Crippen LogP contribution is -2.18. The summed E-state index contributed by atoms with van der Waals surface area (Å²) < 4.78 is 0. The highest BCUT2D eigenvalue weighted by Gasteiger charge is 1.96. The standard InChI is InChI=1S/C9H11N3O/c1-12(2)9(13)5-4-8-10-6-3-7-11-8/h3-7H,1-2H3/b5-4+. The Morgan fingerprint density at radius 3 is 2.54 bits per heavy atom. The third kappa shape index (κ3) is 3.02. The van der Waals surface area contributed by atoms with Gasteiger partial charge in [0.05, 0.1) is 0 Å². The van der Waals surface area contributed by atoms with Crippen molar-refractivity contribution in [2.24, 2.45) is 0 Å². The van der Waals surface area contributed by atoms with Gasteiger partial charge in [0.1, 0.15) is 0 Å². The molecule has 0 atom stereocenters. The predicted molar refractivity (Wildman–Crippen MR) is 49.8 cm³/mol. The highest BCUT2D eigenvalue weighted by Crippen LogP contribution is 1.92. The van der Waals surface area contributed by atoms with Crippen molar-refractivity contribution in [2.75, 3.05) is 14.1 Å². The monoisotopic (exact) mass is 177 g/mol. The quantitative estimate of drug-likeness (QED) is 0.621. The largest absolute Gasteiger partial charge is 0.345 e. The van der Waals surface area contributed by atoms with Crippen LogP contribution >= 0.6 is 0 Å². The Bertz CT molecular complexity index is 306. The molecule has 68 valence electrons. The number of carbonyl (C=O) groups excluding carboxylic acids is 1. The zero-order valence-electron chi connectivity index (χ0n) is 7.64. The Labute approximate surface area is 76.9 Å². The van der Waals surface area contributed by atoms with Crippen molar-refractivity contribution in [3.63, 3.8) is 0 Å². The molecule has 1 aromatic rings. The molecule has 1 aromatic heterocycles. The zero-order chi connectivity index (χ0) is 9.68. The van der Waals surface area contributed by atoms with E-state index in [-0.39, 0.29) is 5.91 Å². The minimum atomic E-state index is -0.0764. The molecule has 0 N–H and O–H groups in total. The second-order valence-corrected chi connectivity index (χ2v) is 2.67. The summed E-state index contributed by atoms with van der Waals surface area (Å²) in [6.07, 6.45) is 6.29. The van der Waals surface area contributed by atoms with E-state index in [0.29, 0.717) is 5.82 Å². The van der Waals surface area contributed by atoms with E-state index in [1.807, 2.05) is 0 Å². The van der Waals surface area contributed by atoms with Crippen LogP contribution in [0.5, 0.6) is 0 Å². The van der Waals surface area contributed by atoms with Crippen LogP contribution in [-0.4, -0.2) is 34.9 Å². The minimum absolute atomic E-state index is 0.0764. The smallest absolute Gasteiger partial charge is 0.246 e. The van der Waals surface area contributed by atoms with Crippen molar-refractivity contribution in [3.05, 3.63) is 30.4 Å². The van der Waals surface area contributed by atoms with Gasteiger partial charge in [0, 0.05) is 32.6 Å². The Hall–Kier alpha value is -1.71. The van der Waals surface area contributed by atoms with Gasteiger partial charge in [0.15, 0.2) is 5.82 Å². The molecule has 0 radical (unpaired) electrons. The van der Waals surface area contributed by atoms with Gasteiger partial charge in [-0.2, -0.15) is 0 Å². The number of carbonyl (C=O) groups is 1. The Kier molecular flexibility index (Phi) is 3.14. The van der Waals surface area contributed by atoms with Gasteiger partial charge in [0.2, 0.25) is 5.91 Å². The normalized spacial score (nSPS) is 10.3. The van der Waals surface area contributed by atoms with Crippen molar-refractivity contribution < 1.29 is 4.79 Å². The molecule has 1 heterocycles. The Morgan fingerprint density at radius 2 is 2.00 bits per heavy atom. The summed E-state index contributed by atoms with van der Waals surface area (Å²) in [7, 11) is 3.39. The van der Waals surface area contributed by atoms with Crippen molar-refractivity contribution in [2.45, 2.75) is 0 Å². The first-order valence-electron chi connectivity index (χ1n) is 3.86. The summed E-state index contributed by atoms with van der Waals surface area (Å²) in [5.74, 6) is 0.463. The maximum atomic E-state index is 11.1. The molecule has 4 heteroatoms. The maximum Gasteiger partial charge on any atom is 0.246 e. The second-order valence-electron chi connectivity index (χ2n) is 2.67. The summed E-state index contributed by atoms with van der Waals surface area (Å²) in [6, 6.07) is 1.73. The highest BCUT2D eigenvalue weighted by atomic mass is 16.2. The number of hydrogen-bond acceptors (Lipinski definition) is 3. The summed E-state index contributed by atoms with van der Waals surface area (Å²) >= 11 is 0. The van der Waals surface area contributed by atoms with Gasteiger partial charge in [-0.3, -0.25) is 4.79 Å². The summed E-state index contributed by atoms with van der Waals surface area (Å²) in [5.41, 5.74) is 0. The van der Waals surface area contributed by atoms with E-state index in [1.165, 1.54) is 11.0 Å². The van der Waals surface area contributed by atoms with E-state index >= 15 is 0 Å². The minimum Gasteiger partial charge on any atom is -0.345 e. The lowest BCUT2D eigenvalue weighted by molar-refractivity contribution is -0.123. The van der Waals surface area contributed by atoms with E-state index in [2.05, 4.69) is 9.97 Å². The van der Waals surface area contributed by atoms with Crippen LogP contribution in [0.4, 0.5) is 0 Å². The highest BCUT2D eigenvalue weighted by molar-refractivity contribution is 5.90. The van der Waals surface area contributed by atoms with Gasteiger partial charge in [-0.15, -0.1) is 0 Å². The molecule has 1 rings (SSSR count). The fraction of sp³-hybridized carbons (Fsp3) is 0.222. The zero-order valence-corrected chi connectivity index (χ0v) is 7.64. The third-order valence-electron chi connectivity index (χ3n) is 1.40. The fourth-order valence-electron chi connectivity index (χ4n) is 0.692. The fourth-order valence-corrected chi connectivity index (χ4v) is 0.692. The van der Waals surface area contributed by atoms with Crippen molar-refractivity contribution >= 4 is 12.0 Å². The lowest BCUT2D eigenvalue weighted by Gasteiger charge is -2.04. The summed E-state index contributed by atoms with van der Waals surface area (Å²) in [6.45, 7) is 0. The van der Waals surface area contributed by atoms with Gasteiger partial charge in [-0.1, -0.05) is 0 Å². The van der Waals surface area contributed by atoms with Crippen LogP contribution in [0, 0.1) is 0 Å². The molecule has 0 aromatic carbocycles. The molecule has 0 spiro atoms. The SMILES string of the molecule is CN(C)C(=O)/C=C/c1ncccn1. The van der Waals surface area contributed by atoms with E-state index in [0.717, 1.165) is 0 Å². The van der Waals surface area contributed by atoms with E-state index in [4.69, 9.17) is 0 Å². The summed E-state index contributed by atoms with van der Waals surface area (Å²) in [5, 5.41) is 0. The first kappa shape index (κ1) is 9.38. The summed E-state index contributed by atoms with van der Waals surface area (Å²) in [4.78, 5) is 20.5. The number of hydrogen-bond donors (Lipinski definition) is 0. The van der Waals surface area contributed by atoms with Gasteiger partial charge >= 0.3 is 0 Å². The average Bonchev–Trinajstić information content (AvgIpc) is 2.15. The topological polar surface area (TPSA) is 46.1 Å². The number of aromatic nitrogens is 2. The van der Waals surface area contributed by atoms with Crippen LogP contribution in [0.2, 0.25) is 0 Å². The van der Waals surface area contributed by atoms with E-state index in [1.54, 1.807) is 38.6 Å². The predicted octanol–water partition coefficient (Wildman–Crippen LogP) is 0.578. The molecular formula is C9H11N3O. The molecule has 4 nitrogen and oxygen atoms in total. The number of nitrogens with zero attached hydrogens (tertiary/aromatic N) is 3. The molecule has 0 unspecified atom stereocenters. The van der Waals surface area contributed by atoms with Crippen LogP contribution in [-0.2, 0) is 4.79 Å². The van der Waals surface area contributed by atoms with Gasteiger partial charge < -0.3 is 4.90 Å². The number of likely N-dealkylation sites (N-methyl/N-ethyl adjacent to an activating group) is 1. The molecule has 0 aliphatic heterocycles. The van der Waals surface area contributed by atoms with Crippen molar-refractivity contribution in [1.82, 2.24) is 14.9 Å². The Balaban J connectivity index is 2.64. The molecule has 0 saturated heterocycles. The van der Waals surface area contributed by atoms with E-state index in [9.17, 15) is 4.79 Å². The van der Waals surface area contributed by atoms with E-state index < -0.39 is 0 Å². The van der Waals surface area contributed by atoms with Gasteiger partial charge in [-0.25, -0.2) is 9.97 Å². The Morgan fingerprint density at radius 1 is 1.38 bits per heavy atom. The number of amides is 1. The first-order chi connectivity index (χ1) is 6.20. The van der Waals surface area contributed by atoms with Crippen LogP contribution in [0.15, 0.2) is 24.5 Å².